The molecule has 1 amide bonds. The zero-order chi connectivity index (χ0) is 22.0. The maximum Gasteiger partial charge on any atom is 0.262 e. The number of ether oxygens (including phenoxy) is 1. The van der Waals surface area contributed by atoms with Crippen LogP contribution in [0.1, 0.15) is 22.3 Å². The first kappa shape index (κ1) is 21.5. The van der Waals surface area contributed by atoms with Crippen molar-refractivity contribution in [1.29, 1.82) is 0 Å². The number of hydrogen-bond donors (Lipinski definition) is 1. The molecule has 3 aromatic rings. The summed E-state index contributed by atoms with van der Waals surface area (Å²) in [5.41, 5.74) is 4.75. The Morgan fingerprint density at radius 2 is 1.97 bits per heavy atom. The topological polar surface area (TPSA) is 75.7 Å². The number of nitrogens with one attached hydrogen (secondary N) is 1. The third kappa shape index (κ3) is 4.66. The lowest BCUT2D eigenvalue weighted by Gasteiger charge is -2.28. The fraction of sp³-hybridized carbons (Fsp3) is 0.261. The van der Waals surface area contributed by atoms with E-state index in [0.717, 1.165) is 22.3 Å². The van der Waals surface area contributed by atoms with Crippen LogP contribution in [0.5, 0.6) is 5.75 Å². The Bertz CT molecular complexity index is 1200. The highest BCUT2D eigenvalue weighted by Gasteiger charge is 2.29. The maximum absolute atomic E-state index is 12.8. The molecule has 0 bridgehead atoms. The van der Waals surface area contributed by atoms with E-state index in [9.17, 15) is 13.2 Å². The summed E-state index contributed by atoms with van der Waals surface area (Å²) in [5, 5.41) is 4.61. The van der Waals surface area contributed by atoms with Gasteiger partial charge in [0, 0.05) is 18.8 Å². The summed E-state index contributed by atoms with van der Waals surface area (Å²) >= 11 is 1.22. The second kappa shape index (κ2) is 8.82. The van der Waals surface area contributed by atoms with Crippen molar-refractivity contribution in [3.8, 4) is 5.75 Å². The molecule has 6 nitrogen and oxygen atoms in total. The number of carbonyl (C=O) groups excluding carboxylic acids is 1. The van der Waals surface area contributed by atoms with Crippen molar-refractivity contribution in [2.24, 2.45) is 0 Å². The van der Waals surface area contributed by atoms with Crippen LogP contribution in [-0.4, -0.2) is 31.8 Å². The molecule has 31 heavy (non-hydrogen) atoms. The van der Waals surface area contributed by atoms with Crippen LogP contribution in [0.2, 0.25) is 0 Å². The van der Waals surface area contributed by atoms with Gasteiger partial charge in [-0.2, -0.15) is 4.31 Å². The molecular formula is C23H24N2O4S2. The summed E-state index contributed by atoms with van der Waals surface area (Å²) in [7, 11) is -3.50. The minimum atomic E-state index is -3.50. The largest absolute Gasteiger partial charge is 0.483 e. The molecule has 0 aliphatic carbocycles. The number of aryl methyl sites for hydroxylation is 1. The number of sulfonamides is 1. The van der Waals surface area contributed by atoms with E-state index >= 15 is 0 Å². The molecule has 1 aliphatic rings. The highest BCUT2D eigenvalue weighted by Crippen LogP contribution is 2.29. The van der Waals surface area contributed by atoms with E-state index in [1.165, 1.54) is 15.6 Å². The number of rotatable bonds is 6. The Hall–Kier alpha value is -2.68. The molecular weight excluding hydrogens is 432 g/mol. The van der Waals surface area contributed by atoms with Crippen LogP contribution in [0, 0.1) is 13.8 Å². The number of amides is 1. The molecule has 0 radical (unpaired) electrons. The van der Waals surface area contributed by atoms with Gasteiger partial charge >= 0.3 is 0 Å². The van der Waals surface area contributed by atoms with Gasteiger partial charge in [0.1, 0.15) is 9.96 Å². The van der Waals surface area contributed by atoms with Crippen molar-refractivity contribution in [3.63, 3.8) is 0 Å². The van der Waals surface area contributed by atoms with Gasteiger partial charge in [-0.3, -0.25) is 4.79 Å². The fourth-order valence-electron chi connectivity index (χ4n) is 3.57. The lowest BCUT2D eigenvalue weighted by molar-refractivity contribution is -0.118. The van der Waals surface area contributed by atoms with Crippen LogP contribution in [0.25, 0.3) is 0 Å². The van der Waals surface area contributed by atoms with Gasteiger partial charge in [0.15, 0.2) is 6.61 Å². The van der Waals surface area contributed by atoms with Gasteiger partial charge in [-0.05, 0) is 72.2 Å². The molecule has 2 aromatic carbocycles. The third-order valence-corrected chi connectivity index (χ3v) is 8.69. The average molecular weight is 457 g/mol. The minimum Gasteiger partial charge on any atom is -0.483 e. The Balaban J connectivity index is 1.42. The number of thiophene rings is 1. The number of anilines is 1. The smallest absolute Gasteiger partial charge is 0.262 e. The highest BCUT2D eigenvalue weighted by atomic mass is 32.2. The molecule has 0 saturated carbocycles. The van der Waals surface area contributed by atoms with Crippen molar-refractivity contribution in [1.82, 2.24) is 4.31 Å². The van der Waals surface area contributed by atoms with E-state index in [-0.39, 0.29) is 19.1 Å². The third-order valence-electron chi connectivity index (χ3n) is 5.47. The van der Waals surface area contributed by atoms with Gasteiger partial charge in [-0.25, -0.2) is 8.42 Å². The zero-order valence-corrected chi connectivity index (χ0v) is 19.1. The molecule has 0 saturated heterocycles. The van der Waals surface area contributed by atoms with Gasteiger partial charge in [0.05, 0.1) is 0 Å². The lowest BCUT2D eigenvalue weighted by atomic mass is 10.0. The molecule has 1 N–H and O–H groups in total. The van der Waals surface area contributed by atoms with Crippen LogP contribution in [0.3, 0.4) is 0 Å². The first-order valence-electron chi connectivity index (χ1n) is 9.99. The van der Waals surface area contributed by atoms with Crippen LogP contribution in [0.4, 0.5) is 5.69 Å². The number of nitrogens with zero attached hydrogens (tertiary/aromatic N) is 1. The Morgan fingerprint density at radius 3 is 2.74 bits per heavy atom. The second-order valence-corrected chi connectivity index (χ2v) is 10.7. The lowest BCUT2D eigenvalue weighted by Crippen LogP contribution is -2.35. The predicted molar refractivity (Wildman–Crippen MR) is 122 cm³/mol. The van der Waals surface area contributed by atoms with E-state index in [1.807, 2.05) is 50.2 Å². The van der Waals surface area contributed by atoms with Crippen molar-refractivity contribution in [3.05, 3.63) is 76.2 Å². The molecule has 0 atom stereocenters. The normalized spacial score (nSPS) is 14.1. The molecule has 1 aromatic heterocycles. The maximum atomic E-state index is 12.8. The summed E-state index contributed by atoms with van der Waals surface area (Å²) in [6, 6.07) is 14.7. The molecule has 2 heterocycles. The Labute approximate surface area is 186 Å². The predicted octanol–water partition coefficient (Wildman–Crippen LogP) is 4.13. The first-order valence-corrected chi connectivity index (χ1v) is 12.3. The molecule has 162 valence electrons. The SMILES string of the molecule is Cc1cccc(OCC(=O)Nc2ccc3c(c2)CN(S(=O)(=O)c2cccs2)CC3)c1C. The van der Waals surface area contributed by atoms with E-state index in [0.29, 0.717) is 28.6 Å². The molecule has 1 aliphatic heterocycles. The standard InChI is InChI=1S/C23H24N2O4S2/c1-16-5-3-6-21(17(16)2)29-15-22(26)24-20-9-8-18-10-11-25(14-19(18)13-20)31(27,28)23-7-4-12-30-23/h3-9,12-13H,10-11,14-15H2,1-2H3,(H,24,26). The monoisotopic (exact) mass is 456 g/mol. The van der Waals surface area contributed by atoms with E-state index < -0.39 is 10.0 Å². The molecule has 0 spiro atoms. The summed E-state index contributed by atoms with van der Waals surface area (Å²) in [4.78, 5) is 12.4. The average Bonchev–Trinajstić information content (AvgIpc) is 3.30. The summed E-state index contributed by atoms with van der Waals surface area (Å²) in [6.07, 6.45) is 0.643. The van der Waals surface area contributed by atoms with Crippen LogP contribution in [-0.2, 0) is 27.8 Å². The number of carbonyl (C=O) groups is 1. The van der Waals surface area contributed by atoms with Crippen molar-refractivity contribution in [2.75, 3.05) is 18.5 Å². The fourth-order valence-corrected chi connectivity index (χ4v) is 6.14. The number of benzene rings is 2. The summed E-state index contributed by atoms with van der Waals surface area (Å²) < 4.78 is 33.2. The van der Waals surface area contributed by atoms with E-state index in [4.69, 9.17) is 4.74 Å². The van der Waals surface area contributed by atoms with Gasteiger partial charge < -0.3 is 10.1 Å². The highest BCUT2D eigenvalue weighted by molar-refractivity contribution is 7.91. The van der Waals surface area contributed by atoms with E-state index in [1.54, 1.807) is 17.5 Å². The molecule has 4 rings (SSSR count). The van der Waals surface area contributed by atoms with Crippen LogP contribution < -0.4 is 10.1 Å². The number of hydrogen-bond acceptors (Lipinski definition) is 5. The number of fused-ring (bicyclic) bond motifs is 1. The van der Waals surface area contributed by atoms with Gasteiger partial charge in [-0.1, -0.05) is 24.3 Å². The molecule has 0 fully saturated rings. The zero-order valence-electron chi connectivity index (χ0n) is 17.4. The van der Waals surface area contributed by atoms with Gasteiger partial charge in [0.2, 0.25) is 0 Å². The quantitative estimate of drug-likeness (QED) is 0.605. The van der Waals surface area contributed by atoms with Crippen molar-refractivity contribution in [2.45, 2.75) is 31.0 Å². The Morgan fingerprint density at radius 1 is 1.13 bits per heavy atom. The minimum absolute atomic E-state index is 0.0970. The van der Waals surface area contributed by atoms with Crippen molar-refractivity contribution >= 4 is 33.0 Å². The Kier molecular flexibility index (Phi) is 6.13. The first-order chi connectivity index (χ1) is 14.8. The van der Waals surface area contributed by atoms with Crippen LogP contribution >= 0.6 is 11.3 Å². The molecule has 8 heteroatoms. The van der Waals surface area contributed by atoms with Crippen molar-refractivity contribution < 1.29 is 17.9 Å². The molecule has 0 unspecified atom stereocenters. The second-order valence-electron chi connectivity index (χ2n) is 7.54. The van der Waals surface area contributed by atoms with Crippen LogP contribution in [0.15, 0.2) is 58.1 Å². The van der Waals surface area contributed by atoms with E-state index in [2.05, 4.69) is 5.32 Å². The van der Waals surface area contributed by atoms with Gasteiger partial charge in [0.25, 0.3) is 15.9 Å². The summed E-state index contributed by atoms with van der Waals surface area (Å²) in [6.45, 7) is 4.60. The van der Waals surface area contributed by atoms with Gasteiger partial charge in [-0.15, -0.1) is 11.3 Å². The summed E-state index contributed by atoms with van der Waals surface area (Å²) in [5.74, 6) is 0.426.